The molecule has 0 radical (unpaired) electrons. The molecular formula is C15H18N4O. The van der Waals surface area contributed by atoms with E-state index in [1.54, 1.807) is 7.05 Å². The largest absolute Gasteiger partial charge is 0.359 e. The predicted molar refractivity (Wildman–Crippen MR) is 78.8 cm³/mol. The molecule has 1 amide bonds. The molecule has 0 unspecified atom stereocenters. The van der Waals surface area contributed by atoms with E-state index in [4.69, 9.17) is 0 Å². The van der Waals surface area contributed by atoms with Crippen LogP contribution in [0.4, 0.5) is 5.82 Å². The standard InChI is InChI=1S/C15H18N4O/c1-9-6-10(2)17-14-12(9)4-5-13(18-14)19-7-11(8-19)15(20)16-3/h4-6,11H,7-8H2,1-3H3,(H,16,20). The lowest BCUT2D eigenvalue weighted by Crippen LogP contribution is -2.53. The van der Waals surface area contributed by atoms with Crippen molar-refractivity contribution in [2.24, 2.45) is 5.92 Å². The smallest absolute Gasteiger partial charge is 0.226 e. The molecule has 3 heterocycles. The Kier molecular flexibility index (Phi) is 3.04. The molecule has 3 rings (SSSR count). The summed E-state index contributed by atoms with van der Waals surface area (Å²) in [5, 5.41) is 3.77. The summed E-state index contributed by atoms with van der Waals surface area (Å²) in [7, 11) is 1.68. The van der Waals surface area contributed by atoms with Crippen molar-refractivity contribution in [1.29, 1.82) is 0 Å². The van der Waals surface area contributed by atoms with E-state index in [2.05, 4.69) is 39.2 Å². The summed E-state index contributed by atoms with van der Waals surface area (Å²) in [6.45, 7) is 5.50. The number of nitrogens with zero attached hydrogens (tertiary/aromatic N) is 3. The highest BCUT2D eigenvalue weighted by Crippen LogP contribution is 2.25. The van der Waals surface area contributed by atoms with Gasteiger partial charge in [0.2, 0.25) is 5.91 Å². The van der Waals surface area contributed by atoms with Crippen LogP contribution in [0.15, 0.2) is 18.2 Å². The number of rotatable bonds is 2. The van der Waals surface area contributed by atoms with Crippen LogP contribution in [0.3, 0.4) is 0 Å². The number of nitrogens with one attached hydrogen (secondary N) is 1. The molecule has 1 N–H and O–H groups in total. The van der Waals surface area contributed by atoms with Crippen molar-refractivity contribution in [2.75, 3.05) is 25.0 Å². The quantitative estimate of drug-likeness (QED) is 0.897. The first-order valence-corrected chi connectivity index (χ1v) is 6.80. The highest BCUT2D eigenvalue weighted by atomic mass is 16.1. The van der Waals surface area contributed by atoms with E-state index in [1.807, 2.05) is 13.0 Å². The lowest BCUT2D eigenvalue weighted by molar-refractivity contribution is -0.125. The number of hydrogen-bond donors (Lipinski definition) is 1. The number of pyridine rings is 2. The molecule has 0 aliphatic carbocycles. The van der Waals surface area contributed by atoms with E-state index < -0.39 is 0 Å². The van der Waals surface area contributed by atoms with Crippen molar-refractivity contribution >= 4 is 22.8 Å². The second kappa shape index (κ2) is 4.74. The maximum absolute atomic E-state index is 11.5. The normalized spacial score (nSPS) is 15.2. The zero-order valence-corrected chi connectivity index (χ0v) is 12.0. The molecule has 1 aliphatic rings. The highest BCUT2D eigenvalue weighted by Gasteiger charge is 2.32. The van der Waals surface area contributed by atoms with Gasteiger partial charge in [0.25, 0.3) is 0 Å². The van der Waals surface area contributed by atoms with Gasteiger partial charge in [0.1, 0.15) is 5.82 Å². The van der Waals surface area contributed by atoms with Gasteiger partial charge in [-0.15, -0.1) is 0 Å². The van der Waals surface area contributed by atoms with Gasteiger partial charge in [-0.05, 0) is 37.6 Å². The first kappa shape index (κ1) is 12.8. The van der Waals surface area contributed by atoms with Crippen LogP contribution in [0.25, 0.3) is 11.0 Å². The van der Waals surface area contributed by atoms with Crippen LogP contribution in [0, 0.1) is 19.8 Å². The third-order valence-electron chi connectivity index (χ3n) is 3.82. The average molecular weight is 270 g/mol. The van der Waals surface area contributed by atoms with E-state index in [-0.39, 0.29) is 11.8 Å². The number of anilines is 1. The molecule has 0 aromatic carbocycles. The minimum atomic E-state index is 0.0738. The number of carbonyl (C=O) groups is 1. The third-order valence-corrected chi connectivity index (χ3v) is 3.82. The fourth-order valence-corrected chi connectivity index (χ4v) is 2.63. The Morgan fingerprint density at radius 2 is 2.05 bits per heavy atom. The van der Waals surface area contributed by atoms with Gasteiger partial charge in [0, 0.05) is 31.2 Å². The van der Waals surface area contributed by atoms with Crippen LogP contribution >= 0.6 is 0 Å². The minimum Gasteiger partial charge on any atom is -0.359 e. The number of aryl methyl sites for hydroxylation is 2. The van der Waals surface area contributed by atoms with E-state index >= 15 is 0 Å². The Hall–Kier alpha value is -2.17. The van der Waals surface area contributed by atoms with Crippen LogP contribution in [0.5, 0.6) is 0 Å². The SMILES string of the molecule is CNC(=O)C1CN(c2ccc3c(C)cc(C)nc3n2)C1. The van der Waals surface area contributed by atoms with Gasteiger partial charge in [-0.25, -0.2) is 9.97 Å². The maximum Gasteiger partial charge on any atom is 0.226 e. The molecule has 20 heavy (non-hydrogen) atoms. The van der Waals surface area contributed by atoms with Crippen molar-refractivity contribution < 1.29 is 4.79 Å². The van der Waals surface area contributed by atoms with Gasteiger partial charge in [-0.3, -0.25) is 4.79 Å². The van der Waals surface area contributed by atoms with Gasteiger partial charge in [0.05, 0.1) is 5.92 Å². The van der Waals surface area contributed by atoms with Crippen molar-refractivity contribution in [3.8, 4) is 0 Å². The summed E-state index contributed by atoms with van der Waals surface area (Å²) >= 11 is 0. The molecule has 0 saturated carbocycles. The summed E-state index contributed by atoms with van der Waals surface area (Å²) in [5.74, 6) is 1.08. The zero-order valence-electron chi connectivity index (χ0n) is 12.0. The van der Waals surface area contributed by atoms with Crippen LogP contribution in [-0.4, -0.2) is 36.0 Å². The van der Waals surface area contributed by atoms with Crippen LogP contribution in [0.1, 0.15) is 11.3 Å². The van der Waals surface area contributed by atoms with Crippen molar-refractivity contribution in [2.45, 2.75) is 13.8 Å². The highest BCUT2D eigenvalue weighted by molar-refractivity contribution is 5.83. The molecule has 5 nitrogen and oxygen atoms in total. The minimum absolute atomic E-state index is 0.0738. The van der Waals surface area contributed by atoms with Crippen molar-refractivity contribution in [3.63, 3.8) is 0 Å². The second-order valence-corrected chi connectivity index (χ2v) is 5.34. The third kappa shape index (κ3) is 2.09. The summed E-state index contributed by atoms with van der Waals surface area (Å²) in [5.41, 5.74) is 2.95. The molecule has 1 saturated heterocycles. The molecule has 1 aliphatic heterocycles. The van der Waals surface area contributed by atoms with Gasteiger partial charge in [-0.1, -0.05) is 0 Å². The number of amides is 1. The van der Waals surface area contributed by atoms with Crippen LogP contribution < -0.4 is 10.2 Å². The van der Waals surface area contributed by atoms with Crippen LogP contribution in [-0.2, 0) is 4.79 Å². The summed E-state index contributed by atoms with van der Waals surface area (Å²) in [6, 6.07) is 6.13. The summed E-state index contributed by atoms with van der Waals surface area (Å²) in [6.07, 6.45) is 0. The molecule has 2 aromatic rings. The molecular weight excluding hydrogens is 252 g/mol. The lowest BCUT2D eigenvalue weighted by atomic mass is 9.99. The molecule has 2 aromatic heterocycles. The van der Waals surface area contributed by atoms with Gasteiger partial charge in [0.15, 0.2) is 5.65 Å². The molecule has 0 spiro atoms. The monoisotopic (exact) mass is 270 g/mol. The summed E-state index contributed by atoms with van der Waals surface area (Å²) < 4.78 is 0. The zero-order chi connectivity index (χ0) is 14.3. The Morgan fingerprint density at radius 1 is 1.30 bits per heavy atom. The summed E-state index contributed by atoms with van der Waals surface area (Å²) in [4.78, 5) is 22.7. The van der Waals surface area contributed by atoms with E-state index in [9.17, 15) is 4.79 Å². The number of carbonyl (C=O) groups excluding carboxylic acids is 1. The number of fused-ring (bicyclic) bond motifs is 1. The molecule has 1 fully saturated rings. The Bertz CT molecular complexity index is 677. The molecule has 0 atom stereocenters. The Labute approximate surface area is 118 Å². The maximum atomic E-state index is 11.5. The molecule has 0 bridgehead atoms. The van der Waals surface area contributed by atoms with Crippen molar-refractivity contribution in [3.05, 3.63) is 29.5 Å². The van der Waals surface area contributed by atoms with E-state index in [0.29, 0.717) is 0 Å². The number of hydrogen-bond acceptors (Lipinski definition) is 4. The molecule has 104 valence electrons. The molecule has 5 heteroatoms. The van der Waals surface area contributed by atoms with E-state index in [0.717, 1.165) is 35.6 Å². The first-order valence-electron chi connectivity index (χ1n) is 6.80. The Morgan fingerprint density at radius 3 is 2.75 bits per heavy atom. The van der Waals surface area contributed by atoms with Crippen molar-refractivity contribution in [1.82, 2.24) is 15.3 Å². The van der Waals surface area contributed by atoms with E-state index in [1.165, 1.54) is 5.56 Å². The van der Waals surface area contributed by atoms with Gasteiger partial charge < -0.3 is 10.2 Å². The fraction of sp³-hybridized carbons (Fsp3) is 0.400. The van der Waals surface area contributed by atoms with Crippen LogP contribution in [0.2, 0.25) is 0 Å². The van der Waals surface area contributed by atoms with Gasteiger partial charge >= 0.3 is 0 Å². The van der Waals surface area contributed by atoms with Gasteiger partial charge in [-0.2, -0.15) is 0 Å². The average Bonchev–Trinajstić information content (AvgIpc) is 2.36. The predicted octanol–water partition coefficient (Wildman–Crippen LogP) is 1.43. The fourth-order valence-electron chi connectivity index (χ4n) is 2.63. The second-order valence-electron chi connectivity index (χ2n) is 5.34. The lowest BCUT2D eigenvalue weighted by Gasteiger charge is -2.38. The Balaban J connectivity index is 1.86. The number of aromatic nitrogens is 2. The topological polar surface area (TPSA) is 58.1 Å². The first-order chi connectivity index (χ1) is 9.58.